The Morgan fingerprint density at radius 2 is 2.55 bits per heavy atom. The molecule has 0 aromatic heterocycles. The molecular weight excluding hydrogens is 140 g/mol. The zero-order valence-corrected chi connectivity index (χ0v) is 6.78. The minimum Gasteiger partial charge on any atom is -0.328 e. The molecule has 0 spiro atoms. The third kappa shape index (κ3) is 1.84. The summed E-state index contributed by atoms with van der Waals surface area (Å²) in [5, 5.41) is 12.4. The maximum atomic E-state index is 8.62. The third-order valence-electron chi connectivity index (χ3n) is 1.43. The average molecular weight is 152 g/mol. The number of hydrazone groups is 1. The zero-order chi connectivity index (χ0) is 8.27. The number of nitrogens with zero attached hydrogens (tertiary/aromatic N) is 3. The van der Waals surface area contributed by atoms with E-state index in [9.17, 15) is 0 Å². The summed E-state index contributed by atoms with van der Waals surface area (Å²) < 4.78 is 0. The SMILES string of the molecule is CC(C)CN1C=NNC1C#N. The van der Waals surface area contributed by atoms with Gasteiger partial charge in [-0.05, 0) is 5.92 Å². The van der Waals surface area contributed by atoms with E-state index in [0.29, 0.717) is 5.92 Å². The summed E-state index contributed by atoms with van der Waals surface area (Å²) in [6.45, 7) is 5.09. The van der Waals surface area contributed by atoms with Crippen LogP contribution in [0.3, 0.4) is 0 Å². The van der Waals surface area contributed by atoms with Crippen molar-refractivity contribution < 1.29 is 0 Å². The van der Waals surface area contributed by atoms with Crippen LogP contribution in [-0.2, 0) is 0 Å². The third-order valence-corrected chi connectivity index (χ3v) is 1.43. The van der Waals surface area contributed by atoms with E-state index in [1.165, 1.54) is 0 Å². The van der Waals surface area contributed by atoms with Gasteiger partial charge in [-0.2, -0.15) is 10.4 Å². The first-order valence-electron chi connectivity index (χ1n) is 3.68. The van der Waals surface area contributed by atoms with Crippen LogP contribution in [0.4, 0.5) is 0 Å². The highest BCUT2D eigenvalue weighted by molar-refractivity contribution is 5.57. The average Bonchev–Trinajstić information content (AvgIpc) is 2.34. The fourth-order valence-corrected chi connectivity index (χ4v) is 0.996. The summed E-state index contributed by atoms with van der Waals surface area (Å²) in [7, 11) is 0. The van der Waals surface area contributed by atoms with Crippen molar-refractivity contribution in [2.24, 2.45) is 11.0 Å². The monoisotopic (exact) mass is 152 g/mol. The Hall–Kier alpha value is -1.24. The number of nitriles is 1. The standard InChI is InChI=1S/C7H12N4/c1-6(2)4-11-5-9-10-7(11)3-8/h5-7,10H,4H2,1-2H3. The summed E-state index contributed by atoms with van der Waals surface area (Å²) in [5.74, 6) is 0.553. The molecule has 1 rings (SSSR count). The van der Waals surface area contributed by atoms with Gasteiger partial charge in [-0.1, -0.05) is 13.8 Å². The van der Waals surface area contributed by atoms with E-state index in [2.05, 4.69) is 30.4 Å². The molecule has 11 heavy (non-hydrogen) atoms. The predicted molar refractivity (Wildman–Crippen MR) is 42.6 cm³/mol. The molecule has 0 saturated carbocycles. The maximum absolute atomic E-state index is 8.62. The van der Waals surface area contributed by atoms with Crippen molar-refractivity contribution in [3.63, 3.8) is 0 Å². The van der Waals surface area contributed by atoms with Crippen LogP contribution in [0.25, 0.3) is 0 Å². The van der Waals surface area contributed by atoms with Gasteiger partial charge in [0.05, 0.1) is 0 Å². The van der Waals surface area contributed by atoms with Crippen LogP contribution >= 0.6 is 0 Å². The van der Waals surface area contributed by atoms with Crippen molar-refractivity contribution >= 4 is 6.34 Å². The summed E-state index contributed by atoms with van der Waals surface area (Å²) in [6, 6.07) is 2.11. The summed E-state index contributed by atoms with van der Waals surface area (Å²) in [4.78, 5) is 1.89. The van der Waals surface area contributed by atoms with Crippen molar-refractivity contribution in [3.05, 3.63) is 0 Å². The van der Waals surface area contributed by atoms with Crippen LogP contribution in [0.1, 0.15) is 13.8 Å². The van der Waals surface area contributed by atoms with Crippen LogP contribution in [0.15, 0.2) is 5.10 Å². The second-order valence-electron chi connectivity index (χ2n) is 3.00. The molecule has 0 bridgehead atoms. The minimum atomic E-state index is -0.266. The maximum Gasteiger partial charge on any atom is 0.205 e. The summed E-state index contributed by atoms with van der Waals surface area (Å²) in [6.07, 6.45) is 1.41. The fourth-order valence-electron chi connectivity index (χ4n) is 0.996. The molecule has 1 aliphatic heterocycles. The topological polar surface area (TPSA) is 51.4 Å². The molecule has 0 aliphatic carbocycles. The molecule has 0 radical (unpaired) electrons. The molecule has 0 amide bonds. The molecule has 4 nitrogen and oxygen atoms in total. The van der Waals surface area contributed by atoms with Gasteiger partial charge in [-0.15, -0.1) is 0 Å². The first-order chi connectivity index (χ1) is 5.24. The van der Waals surface area contributed by atoms with Crippen LogP contribution in [-0.4, -0.2) is 23.9 Å². The number of hydrogen-bond donors (Lipinski definition) is 1. The van der Waals surface area contributed by atoms with Crippen LogP contribution in [0.5, 0.6) is 0 Å². The molecular formula is C7H12N4. The Balaban J connectivity index is 2.45. The van der Waals surface area contributed by atoms with Crippen molar-refractivity contribution in [2.75, 3.05) is 6.54 Å². The van der Waals surface area contributed by atoms with E-state index in [0.717, 1.165) is 6.54 Å². The van der Waals surface area contributed by atoms with E-state index in [4.69, 9.17) is 5.26 Å². The molecule has 0 fully saturated rings. The van der Waals surface area contributed by atoms with Gasteiger partial charge >= 0.3 is 0 Å². The van der Waals surface area contributed by atoms with Gasteiger partial charge in [0.2, 0.25) is 6.17 Å². The molecule has 1 atom stereocenters. The normalized spacial score (nSPS) is 22.0. The largest absolute Gasteiger partial charge is 0.328 e. The van der Waals surface area contributed by atoms with Gasteiger partial charge in [-0.3, -0.25) is 5.43 Å². The van der Waals surface area contributed by atoms with Gasteiger partial charge in [0.15, 0.2) is 0 Å². The van der Waals surface area contributed by atoms with Gasteiger partial charge in [-0.25, -0.2) is 0 Å². The van der Waals surface area contributed by atoms with Crippen molar-refractivity contribution in [1.82, 2.24) is 10.3 Å². The lowest BCUT2D eigenvalue weighted by Crippen LogP contribution is -2.37. The Labute approximate surface area is 66.5 Å². The van der Waals surface area contributed by atoms with Gasteiger partial charge < -0.3 is 4.90 Å². The summed E-state index contributed by atoms with van der Waals surface area (Å²) in [5.41, 5.74) is 2.70. The lowest BCUT2D eigenvalue weighted by atomic mass is 10.2. The fraction of sp³-hybridized carbons (Fsp3) is 0.714. The molecule has 0 aromatic carbocycles. The van der Waals surface area contributed by atoms with E-state index in [1.807, 2.05) is 4.90 Å². The van der Waals surface area contributed by atoms with Crippen molar-refractivity contribution in [3.8, 4) is 6.07 Å². The quantitative estimate of drug-likeness (QED) is 0.620. The molecule has 0 saturated heterocycles. The van der Waals surface area contributed by atoms with Crippen LogP contribution < -0.4 is 5.43 Å². The zero-order valence-electron chi connectivity index (χ0n) is 6.78. The highest BCUT2D eigenvalue weighted by atomic mass is 15.5. The van der Waals surface area contributed by atoms with E-state index >= 15 is 0 Å². The van der Waals surface area contributed by atoms with Crippen molar-refractivity contribution in [1.29, 1.82) is 5.26 Å². The molecule has 1 heterocycles. The Morgan fingerprint density at radius 1 is 1.82 bits per heavy atom. The second-order valence-corrected chi connectivity index (χ2v) is 3.00. The Kier molecular flexibility index (Phi) is 2.32. The van der Waals surface area contributed by atoms with Gasteiger partial charge in [0.25, 0.3) is 0 Å². The first kappa shape index (κ1) is 7.86. The van der Waals surface area contributed by atoms with Crippen LogP contribution in [0, 0.1) is 17.2 Å². The smallest absolute Gasteiger partial charge is 0.205 e. The number of nitrogens with one attached hydrogen (secondary N) is 1. The molecule has 1 N–H and O–H groups in total. The Morgan fingerprint density at radius 3 is 3.09 bits per heavy atom. The lowest BCUT2D eigenvalue weighted by molar-refractivity contribution is 0.326. The molecule has 60 valence electrons. The molecule has 1 aliphatic rings. The Bertz CT molecular complexity index is 191. The molecule has 1 unspecified atom stereocenters. The van der Waals surface area contributed by atoms with Crippen LogP contribution in [0.2, 0.25) is 0 Å². The van der Waals surface area contributed by atoms with Gasteiger partial charge in [0.1, 0.15) is 12.4 Å². The highest BCUT2D eigenvalue weighted by Crippen LogP contribution is 2.03. The molecule has 0 aromatic rings. The van der Waals surface area contributed by atoms with Gasteiger partial charge in [0, 0.05) is 6.54 Å². The van der Waals surface area contributed by atoms with E-state index in [-0.39, 0.29) is 6.17 Å². The second kappa shape index (κ2) is 3.24. The predicted octanol–water partition coefficient (Wildman–Crippen LogP) is 0.341. The number of hydrogen-bond acceptors (Lipinski definition) is 4. The van der Waals surface area contributed by atoms with E-state index < -0.39 is 0 Å². The highest BCUT2D eigenvalue weighted by Gasteiger charge is 2.18. The minimum absolute atomic E-state index is 0.266. The first-order valence-corrected chi connectivity index (χ1v) is 3.68. The van der Waals surface area contributed by atoms with Crippen molar-refractivity contribution in [2.45, 2.75) is 20.0 Å². The van der Waals surface area contributed by atoms with E-state index in [1.54, 1.807) is 6.34 Å². The lowest BCUT2D eigenvalue weighted by Gasteiger charge is -2.19. The summed E-state index contributed by atoms with van der Waals surface area (Å²) >= 11 is 0. The number of rotatable bonds is 2. The molecule has 4 heteroatoms.